The Morgan fingerprint density at radius 1 is 1.11 bits per heavy atom. The first kappa shape index (κ1) is 13.9. The molecule has 0 amide bonds. The van der Waals surface area contributed by atoms with Crippen LogP contribution in [0.5, 0.6) is 5.75 Å². The number of phenolic OH excluding ortho intramolecular Hbond substituents is 1. The lowest BCUT2D eigenvalue weighted by molar-refractivity contribution is -0.151. The Morgan fingerprint density at radius 2 is 1.63 bits per heavy atom. The molecule has 4 heteroatoms. The summed E-state index contributed by atoms with van der Waals surface area (Å²) in [6.45, 7) is 3.38. The van der Waals surface area contributed by atoms with E-state index >= 15 is 0 Å². The second kappa shape index (κ2) is 5.61. The molecule has 0 aliphatic carbocycles. The van der Waals surface area contributed by atoms with Crippen molar-refractivity contribution in [3.05, 3.63) is 29.8 Å². The zero-order valence-corrected chi connectivity index (χ0v) is 11.3. The molecule has 2 rings (SSSR count). The fourth-order valence-electron chi connectivity index (χ4n) is 2.75. The molecule has 1 aromatic rings. The van der Waals surface area contributed by atoms with Crippen molar-refractivity contribution >= 4 is 5.97 Å². The Bertz CT molecular complexity index is 435. The highest BCUT2D eigenvalue weighted by Crippen LogP contribution is 2.32. The predicted octanol–water partition coefficient (Wildman–Crippen LogP) is 2.57. The Labute approximate surface area is 113 Å². The minimum atomic E-state index is -1.02. The lowest BCUT2D eigenvalue weighted by Crippen LogP contribution is -2.50. The van der Waals surface area contributed by atoms with Crippen molar-refractivity contribution in [2.24, 2.45) is 0 Å². The summed E-state index contributed by atoms with van der Waals surface area (Å²) in [6, 6.07) is 6.51. The van der Waals surface area contributed by atoms with E-state index in [0.29, 0.717) is 0 Å². The molecule has 1 unspecified atom stereocenters. The predicted molar refractivity (Wildman–Crippen MR) is 73.1 cm³/mol. The molecule has 1 aliphatic rings. The van der Waals surface area contributed by atoms with Gasteiger partial charge in [0.2, 0.25) is 0 Å². The van der Waals surface area contributed by atoms with E-state index in [1.54, 1.807) is 31.2 Å². The fourth-order valence-corrected chi connectivity index (χ4v) is 2.75. The number of aromatic hydroxyl groups is 1. The second-order valence-corrected chi connectivity index (χ2v) is 5.33. The number of aliphatic carboxylic acids is 1. The Morgan fingerprint density at radius 3 is 2.11 bits per heavy atom. The number of nitrogens with zero attached hydrogens (tertiary/aromatic N) is 1. The highest BCUT2D eigenvalue weighted by Gasteiger charge is 2.41. The molecule has 4 nitrogen and oxygen atoms in total. The van der Waals surface area contributed by atoms with Crippen molar-refractivity contribution in [1.82, 2.24) is 4.90 Å². The molecule has 1 aliphatic heterocycles. The van der Waals surface area contributed by atoms with Crippen LogP contribution in [0.15, 0.2) is 24.3 Å². The van der Waals surface area contributed by atoms with Gasteiger partial charge < -0.3 is 10.2 Å². The van der Waals surface area contributed by atoms with Crippen LogP contribution in [-0.4, -0.2) is 34.2 Å². The fraction of sp³-hybridized carbons (Fsp3) is 0.533. The van der Waals surface area contributed by atoms with E-state index in [1.165, 1.54) is 12.8 Å². The number of carbonyl (C=O) groups is 1. The van der Waals surface area contributed by atoms with Gasteiger partial charge in [-0.1, -0.05) is 25.0 Å². The molecule has 19 heavy (non-hydrogen) atoms. The van der Waals surface area contributed by atoms with Crippen LogP contribution in [0.25, 0.3) is 0 Å². The molecule has 0 aromatic heterocycles. The Balaban J connectivity index is 2.35. The second-order valence-electron chi connectivity index (χ2n) is 5.33. The van der Waals surface area contributed by atoms with Crippen LogP contribution in [0.4, 0.5) is 0 Å². The van der Waals surface area contributed by atoms with E-state index in [-0.39, 0.29) is 5.75 Å². The molecule has 0 bridgehead atoms. The molecule has 0 spiro atoms. The van der Waals surface area contributed by atoms with Crippen molar-refractivity contribution in [2.75, 3.05) is 13.1 Å². The maximum absolute atomic E-state index is 11.8. The number of rotatable bonds is 3. The lowest BCUT2D eigenvalue weighted by atomic mass is 9.89. The summed E-state index contributed by atoms with van der Waals surface area (Å²) in [6.07, 6.45) is 4.42. The van der Waals surface area contributed by atoms with Crippen LogP contribution in [0.2, 0.25) is 0 Å². The Kier molecular flexibility index (Phi) is 4.10. The molecule has 0 radical (unpaired) electrons. The normalized spacial score (nSPS) is 20.5. The molecule has 0 saturated carbocycles. The third kappa shape index (κ3) is 2.73. The SMILES string of the molecule is CC(C(=O)O)(c1ccc(O)cc1)N1CCCCCC1. The van der Waals surface area contributed by atoms with Gasteiger partial charge in [0.25, 0.3) is 0 Å². The van der Waals surface area contributed by atoms with Crippen molar-refractivity contribution in [2.45, 2.75) is 38.1 Å². The van der Waals surface area contributed by atoms with Crippen molar-refractivity contribution in [3.63, 3.8) is 0 Å². The number of carboxylic acids is 1. The van der Waals surface area contributed by atoms with Gasteiger partial charge in [-0.25, -0.2) is 4.79 Å². The summed E-state index contributed by atoms with van der Waals surface area (Å²) in [5.41, 5.74) is -0.294. The van der Waals surface area contributed by atoms with Crippen molar-refractivity contribution in [1.29, 1.82) is 0 Å². The number of hydrogen-bond acceptors (Lipinski definition) is 3. The summed E-state index contributed by atoms with van der Waals surface area (Å²) in [7, 11) is 0. The van der Waals surface area contributed by atoms with Crippen LogP contribution >= 0.6 is 0 Å². The van der Waals surface area contributed by atoms with Gasteiger partial charge >= 0.3 is 5.97 Å². The third-order valence-electron chi connectivity index (χ3n) is 4.08. The minimum absolute atomic E-state index is 0.160. The maximum atomic E-state index is 11.8. The van der Waals surface area contributed by atoms with Gasteiger partial charge in [0, 0.05) is 0 Å². The Hall–Kier alpha value is -1.55. The standard InChI is InChI=1S/C15H21NO3/c1-15(14(18)19,12-6-8-13(17)9-7-12)16-10-4-2-3-5-11-16/h6-9,17H,2-5,10-11H2,1H3,(H,18,19). The third-order valence-corrected chi connectivity index (χ3v) is 4.08. The van der Waals surface area contributed by atoms with Gasteiger partial charge in [0.15, 0.2) is 0 Å². The van der Waals surface area contributed by atoms with Crippen LogP contribution in [0, 0.1) is 0 Å². The summed E-state index contributed by atoms with van der Waals surface area (Å²) in [4.78, 5) is 13.9. The molecule has 1 heterocycles. The molecular formula is C15H21NO3. The van der Waals surface area contributed by atoms with E-state index in [0.717, 1.165) is 31.5 Å². The molecule has 2 N–H and O–H groups in total. The van der Waals surface area contributed by atoms with E-state index in [9.17, 15) is 15.0 Å². The van der Waals surface area contributed by atoms with Gasteiger partial charge in [-0.05, 0) is 50.6 Å². The smallest absolute Gasteiger partial charge is 0.328 e. The van der Waals surface area contributed by atoms with Gasteiger partial charge in [-0.15, -0.1) is 0 Å². The van der Waals surface area contributed by atoms with E-state index in [4.69, 9.17) is 0 Å². The molecule has 1 atom stereocenters. The van der Waals surface area contributed by atoms with Crippen LogP contribution in [0.3, 0.4) is 0 Å². The zero-order valence-electron chi connectivity index (χ0n) is 11.3. The van der Waals surface area contributed by atoms with Gasteiger partial charge in [0.05, 0.1) is 0 Å². The van der Waals surface area contributed by atoms with Gasteiger partial charge in [0.1, 0.15) is 11.3 Å². The first-order chi connectivity index (χ1) is 9.05. The molecule has 104 valence electrons. The number of hydrogen-bond donors (Lipinski definition) is 2. The van der Waals surface area contributed by atoms with Crippen LogP contribution in [-0.2, 0) is 10.3 Å². The summed E-state index contributed by atoms with van der Waals surface area (Å²) < 4.78 is 0. The average molecular weight is 263 g/mol. The number of likely N-dealkylation sites (tertiary alicyclic amines) is 1. The van der Waals surface area contributed by atoms with E-state index < -0.39 is 11.5 Å². The maximum Gasteiger partial charge on any atom is 0.328 e. The van der Waals surface area contributed by atoms with Gasteiger partial charge in [-0.3, -0.25) is 4.90 Å². The highest BCUT2D eigenvalue weighted by atomic mass is 16.4. The summed E-state index contributed by atoms with van der Waals surface area (Å²) in [5.74, 6) is -0.674. The van der Waals surface area contributed by atoms with E-state index in [2.05, 4.69) is 4.90 Å². The summed E-state index contributed by atoms with van der Waals surface area (Å²) in [5, 5.41) is 19.1. The monoisotopic (exact) mass is 263 g/mol. The quantitative estimate of drug-likeness (QED) is 0.880. The number of phenols is 1. The first-order valence-electron chi connectivity index (χ1n) is 6.83. The number of benzene rings is 1. The van der Waals surface area contributed by atoms with Crippen LogP contribution < -0.4 is 0 Å². The zero-order chi connectivity index (χ0) is 13.9. The highest BCUT2D eigenvalue weighted by molar-refractivity contribution is 5.80. The van der Waals surface area contributed by atoms with E-state index in [1.807, 2.05) is 0 Å². The first-order valence-corrected chi connectivity index (χ1v) is 6.83. The van der Waals surface area contributed by atoms with Crippen molar-refractivity contribution < 1.29 is 15.0 Å². The topological polar surface area (TPSA) is 60.8 Å². The molecule has 1 aromatic carbocycles. The largest absolute Gasteiger partial charge is 0.508 e. The lowest BCUT2D eigenvalue weighted by Gasteiger charge is -2.37. The van der Waals surface area contributed by atoms with Crippen molar-refractivity contribution in [3.8, 4) is 5.75 Å². The van der Waals surface area contributed by atoms with Gasteiger partial charge in [-0.2, -0.15) is 0 Å². The minimum Gasteiger partial charge on any atom is -0.508 e. The molecule has 1 saturated heterocycles. The summed E-state index contributed by atoms with van der Waals surface area (Å²) >= 11 is 0. The number of carboxylic acid groups (broad SMARTS) is 1. The average Bonchev–Trinajstić information content (AvgIpc) is 2.67. The van der Waals surface area contributed by atoms with Crippen LogP contribution in [0.1, 0.15) is 38.2 Å². The molecule has 1 fully saturated rings. The molecular weight excluding hydrogens is 242 g/mol.